The topological polar surface area (TPSA) is 32.3 Å². The number of nitrogens with one attached hydrogen (secondary N) is 1. The molecular formula is C13H25NO. The van der Waals surface area contributed by atoms with Crippen molar-refractivity contribution in [3.63, 3.8) is 0 Å². The Balaban J connectivity index is 2.14. The van der Waals surface area contributed by atoms with Crippen LogP contribution in [0.3, 0.4) is 0 Å². The van der Waals surface area contributed by atoms with Gasteiger partial charge in [-0.05, 0) is 50.0 Å². The van der Waals surface area contributed by atoms with Crippen LogP contribution in [0.5, 0.6) is 0 Å². The average molecular weight is 211 g/mol. The molecule has 0 aromatic rings. The standard InChI is InChI=1S/C13H25NO/c1-10-5-8-14-11(9-10)13(15)7-4-6-12(13,2)3/h10-11,14-15H,4-9H2,1-3H3. The Morgan fingerprint density at radius 2 is 2.00 bits per heavy atom. The van der Waals surface area contributed by atoms with E-state index in [1.807, 2.05) is 0 Å². The van der Waals surface area contributed by atoms with Crippen molar-refractivity contribution in [2.75, 3.05) is 6.54 Å². The first kappa shape index (κ1) is 11.4. The number of hydrogen-bond acceptors (Lipinski definition) is 2. The van der Waals surface area contributed by atoms with Crippen LogP contribution in [-0.4, -0.2) is 23.3 Å². The predicted octanol–water partition coefficient (Wildman–Crippen LogP) is 2.32. The van der Waals surface area contributed by atoms with Gasteiger partial charge in [-0.15, -0.1) is 0 Å². The van der Waals surface area contributed by atoms with E-state index in [0.717, 1.165) is 31.7 Å². The van der Waals surface area contributed by atoms with Crippen molar-refractivity contribution in [1.29, 1.82) is 0 Å². The fourth-order valence-corrected chi connectivity index (χ4v) is 3.47. The zero-order chi connectivity index (χ0) is 11.1. The molecule has 15 heavy (non-hydrogen) atoms. The van der Waals surface area contributed by atoms with Crippen LogP contribution in [-0.2, 0) is 0 Å². The maximum absolute atomic E-state index is 10.9. The Hall–Kier alpha value is -0.0800. The van der Waals surface area contributed by atoms with Gasteiger partial charge in [0.2, 0.25) is 0 Å². The highest BCUT2D eigenvalue weighted by molar-refractivity contribution is 5.06. The highest BCUT2D eigenvalue weighted by atomic mass is 16.3. The van der Waals surface area contributed by atoms with Crippen molar-refractivity contribution in [3.05, 3.63) is 0 Å². The summed E-state index contributed by atoms with van der Waals surface area (Å²) in [7, 11) is 0. The molecule has 3 atom stereocenters. The summed E-state index contributed by atoms with van der Waals surface area (Å²) in [5, 5.41) is 14.4. The molecule has 1 heterocycles. The van der Waals surface area contributed by atoms with Crippen LogP contribution in [0.2, 0.25) is 0 Å². The third-order valence-electron chi connectivity index (χ3n) is 4.77. The van der Waals surface area contributed by atoms with Crippen LogP contribution < -0.4 is 5.32 Å². The quantitative estimate of drug-likeness (QED) is 0.697. The van der Waals surface area contributed by atoms with E-state index in [2.05, 4.69) is 26.1 Å². The van der Waals surface area contributed by atoms with Gasteiger partial charge in [-0.25, -0.2) is 0 Å². The van der Waals surface area contributed by atoms with E-state index in [1.54, 1.807) is 0 Å². The van der Waals surface area contributed by atoms with Crippen LogP contribution in [0.15, 0.2) is 0 Å². The molecule has 1 saturated heterocycles. The first-order valence-electron chi connectivity index (χ1n) is 6.41. The minimum Gasteiger partial charge on any atom is -0.388 e. The molecule has 1 aliphatic carbocycles. The van der Waals surface area contributed by atoms with E-state index in [4.69, 9.17) is 0 Å². The molecule has 1 aliphatic heterocycles. The minimum absolute atomic E-state index is 0.0850. The van der Waals surface area contributed by atoms with E-state index >= 15 is 0 Å². The second-order valence-electron chi connectivity index (χ2n) is 6.30. The summed E-state index contributed by atoms with van der Waals surface area (Å²) in [5.41, 5.74) is -0.386. The van der Waals surface area contributed by atoms with E-state index in [-0.39, 0.29) is 5.41 Å². The second kappa shape index (κ2) is 3.74. The van der Waals surface area contributed by atoms with Crippen molar-refractivity contribution < 1.29 is 5.11 Å². The molecule has 2 aliphatic rings. The highest BCUT2D eigenvalue weighted by Gasteiger charge is 2.52. The van der Waals surface area contributed by atoms with Crippen LogP contribution in [0.4, 0.5) is 0 Å². The Kier molecular flexibility index (Phi) is 2.85. The van der Waals surface area contributed by atoms with Crippen LogP contribution in [0.1, 0.15) is 52.9 Å². The van der Waals surface area contributed by atoms with Gasteiger partial charge in [0.1, 0.15) is 0 Å². The SMILES string of the molecule is CC1CCNC(C2(O)CCCC2(C)C)C1. The Bertz CT molecular complexity index is 239. The molecule has 2 heteroatoms. The van der Waals surface area contributed by atoms with Gasteiger partial charge in [0.25, 0.3) is 0 Å². The van der Waals surface area contributed by atoms with Gasteiger partial charge < -0.3 is 10.4 Å². The smallest absolute Gasteiger partial charge is 0.0850 e. The maximum atomic E-state index is 10.9. The highest BCUT2D eigenvalue weighted by Crippen LogP contribution is 2.49. The lowest BCUT2D eigenvalue weighted by molar-refractivity contribution is -0.0827. The zero-order valence-corrected chi connectivity index (χ0v) is 10.3. The Morgan fingerprint density at radius 1 is 1.27 bits per heavy atom. The lowest BCUT2D eigenvalue weighted by Crippen LogP contribution is -2.58. The molecule has 0 radical (unpaired) electrons. The molecule has 2 N–H and O–H groups in total. The molecule has 0 aromatic carbocycles. The summed E-state index contributed by atoms with van der Waals surface area (Å²) in [6.07, 6.45) is 5.71. The molecule has 1 saturated carbocycles. The molecule has 88 valence electrons. The number of aliphatic hydroxyl groups is 1. The summed E-state index contributed by atoms with van der Waals surface area (Å²) in [5.74, 6) is 0.761. The summed E-state index contributed by atoms with van der Waals surface area (Å²) < 4.78 is 0. The largest absolute Gasteiger partial charge is 0.388 e. The van der Waals surface area contributed by atoms with Gasteiger partial charge in [-0.3, -0.25) is 0 Å². The van der Waals surface area contributed by atoms with Gasteiger partial charge in [-0.2, -0.15) is 0 Å². The lowest BCUT2D eigenvalue weighted by Gasteiger charge is -2.46. The van der Waals surface area contributed by atoms with E-state index in [0.29, 0.717) is 6.04 Å². The number of piperidine rings is 1. The van der Waals surface area contributed by atoms with Crippen molar-refractivity contribution >= 4 is 0 Å². The molecule has 2 nitrogen and oxygen atoms in total. The van der Waals surface area contributed by atoms with Crippen molar-refractivity contribution in [2.45, 2.75) is 64.5 Å². The Labute approximate surface area is 93.5 Å². The summed E-state index contributed by atoms with van der Waals surface area (Å²) in [6.45, 7) is 7.82. The molecule has 2 rings (SSSR count). The second-order valence-corrected chi connectivity index (χ2v) is 6.30. The predicted molar refractivity (Wildman–Crippen MR) is 62.8 cm³/mol. The fraction of sp³-hybridized carbons (Fsp3) is 1.00. The average Bonchev–Trinajstić information content (AvgIpc) is 2.43. The molecular weight excluding hydrogens is 186 g/mol. The molecule has 0 bridgehead atoms. The van der Waals surface area contributed by atoms with E-state index < -0.39 is 5.60 Å². The van der Waals surface area contributed by atoms with Gasteiger partial charge in [0, 0.05) is 6.04 Å². The van der Waals surface area contributed by atoms with Gasteiger partial charge in [0.05, 0.1) is 5.60 Å². The monoisotopic (exact) mass is 211 g/mol. The van der Waals surface area contributed by atoms with Crippen LogP contribution in [0, 0.1) is 11.3 Å². The minimum atomic E-state index is -0.471. The zero-order valence-electron chi connectivity index (χ0n) is 10.3. The number of rotatable bonds is 1. The van der Waals surface area contributed by atoms with Crippen LogP contribution in [0.25, 0.3) is 0 Å². The van der Waals surface area contributed by atoms with E-state index in [9.17, 15) is 5.11 Å². The normalized spacial score (nSPS) is 45.6. The molecule has 0 spiro atoms. The summed E-state index contributed by atoms with van der Waals surface area (Å²) in [4.78, 5) is 0. The van der Waals surface area contributed by atoms with Gasteiger partial charge in [0.15, 0.2) is 0 Å². The molecule has 0 amide bonds. The fourth-order valence-electron chi connectivity index (χ4n) is 3.47. The maximum Gasteiger partial charge on any atom is 0.0850 e. The third-order valence-corrected chi connectivity index (χ3v) is 4.77. The molecule has 2 fully saturated rings. The molecule has 3 unspecified atom stereocenters. The third kappa shape index (κ3) is 1.83. The first-order valence-corrected chi connectivity index (χ1v) is 6.41. The first-order chi connectivity index (χ1) is 6.96. The lowest BCUT2D eigenvalue weighted by atomic mass is 9.70. The molecule has 0 aromatic heterocycles. The van der Waals surface area contributed by atoms with Gasteiger partial charge >= 0.3 is 0 Å². The van der Waals surface area contributed by atoms with Crippen LogP contribution >= 0.6 is 0 Å². The van der Waals surface area contributed by atoms with Crippen molar-refractivity contribution in [2.24, 2.45) is 11.3 Å². The van der Waals surface area contributed by atoms with Gasteiger partial charge in [-0.1, -0.05) is 20.8 Å². The van der Waals surface area contributed by atoms with E-state index in [1.165, 1.54) is 12.8 Å². The van der Waals surface area contributed by atoms with Crippen molar-refractivity contribution in [1.82, 2.24) is 5.32 Å². The summed E-state index contributed by atoms with van der Waals surface area (Å²) in [6, 6.07) is 0.318. The number of hydrogen-bond donors (Lipinski definition) is 2. The Morgan fingerprint density at radius 3 is 2.53 bits per heavy atom. The summed E-state index contributed by atoms with van der Waals surface area (Å²) >= 11 is 0. The van der Waals surface area contributed by atoms with Crippen molar-refractivity contribution in [3.8, 4) is 0 Å².